The molecule has 1 aromatic carbocycles. The normalized spacial score (nSPS) is 19.7. The highest BCUT2D eigenvalue weighted by molar-refractivity contribution is 7.91. The summed E-state index contributed by atoms with van der Waals surface area (Å²) < 4.78 is 25.4. The van der Waals surface area contributed by atoms with Gasteiger partial charge in [0.15, 0.2) is 9.84 Å². The summed E-state index contributed by atoms with van der Waals surface area (Å²) in [5, 5.41) is 1.26. The van der Waals surface area contributed by atoms with E-state index < -0.39 is 9.84 Å². The molecule has 1 amide bonds. The molecule has 1 atom stereocenters. The van der Waals surface area contributed by atoms with E-state index in [2.05, 4.69) is 0 Å². The molecule has 2 aromatic rings. The van der Waals surface area contributed by atoms with Crippen LogP contribution in [0.1, 0.15) is 30.3 Å². The van der Waals surface area contributed by atoms with Gasteiger partial charge in [0, 0.05) is 30.5 Å². The van der Waals surface area contributed by atoms with E-state index in [0.29, 0.717) is 23.7 Å². The molecule has 24 heavy (non-hydrogen) atoms. The van der Waals surface area contributed by atoms with Gasteiger partial charge in [0.25, 0.3) is 5.91 Å². The first-order valence-electron chi connectivity index (χ1n) is 8.10. The molecule has 1 fully saturated rings. The third-order valence-electron chi connectivity index (χ3n) is 4.62. The molecule has 0 saturated carbocycles. The maximum absolute atomic E-state index is 13.2. The fourth-order valence-electron chi connectivity index (χ4n) is 3.43. The largest absolute Gasteiger partial charge is 0.338 e. The predicted octanol–water partition coefficient (Wildman–Crippen LogP) is 2.87. The second-order valence-electron chi connectivity index (χ2n) is 6.29. The number of halogens is 1. The van der Waals surface area contributed by atoms with E-state index in [9.17, 15) is 13.2 Å². The lowest BCUT2D eigenvalue weighted by Gasteiger charge is -2.28. The van der Waals surface area contributed by atoms with E-state index in [-0.39, 0.29) is 23.5 Å². The van der Waals surface area contributed by atoms with Crippen molar-refractivity contribution in [3.63, 3.8) is 0 Å². The Labute approximate surface area is 147 Å². The van der Waals surface area contributed by atoms with E-state index in [1.807, 2.05) is 38.2 Å². The first-order valence-corrected chi connectivity index (χ1v) is 10.3. The number of nitrogens with zero attached hydrogens (tertiary/aromatic N) is 2. The van der Waals surface area contributed by atoms with Crippen LogP contribution in [0.2, 0.25) is 5.02 Å². The monoisotopic (exact) mass is 368 g/mol. The van der Waals surface area contributed by atoms with Crippen molar-refractivity contribution in [3.05, 3.63) is 35.0 Å². The van der Waals surface area contributed by atoms with Gasteiger partial charge in [0.05, 0.1) is 16.5 Å². The van der Waals surface area contributed by atoms with Gasteiger partial charge in [-0.15, -0.1) is 0 Å². The highest BCUT2D eigenvalue weighted by Gasteiger charge is 2.36. The minimum absolute atomic E-state index is 0.0420. The van der Waals surface area contributed by atoms with Crippen LogP contribution in [0.3, 0.4) is 0 Å². The zero-order valence-corrected chi connectivity index (χ0v) is 15.4. The maximum Gasteiger partial charge on any atom is 0.272 e. The van der Waals surface area contributed by atoms with Gasteiger partial charge in [-0.2, -0.15) is 0 Å². The van der Waals surface area contributed by atoms with Crippen molar-refractivity contribution in [3.8, 4) is 0 Å². The first kappa shape index (κ1) is 17.3. The molecule has 3 rings (SSSR count). The zero-order valence-electron chi connectivity index (χ0n) is 13.8. The van der Waals surface area contributed by atoms with Crippen LogP contribution in [0.4, 0.5) is 0 Å². The quantitative estimate of drug-likeness (QED) is 0.833. The number of amides is 1. The van der Waals surface area contributed by atoms with Crippen LogP contribution < -0.4 is 0 Å². The molecule has 1 saturated heterocycles. The van der Waals surface area contributed by atoms with Crippen LogP contribution in [-0.2, 0) is 16.9 Å². The van der Waals surface area contributed by atoms with Gasteiger partial charge in [-0.25, -0.2) is 8.42 Å². The Morgan fingerprint density at radius 3 is 2.67 bits per heavy atom. The Balaban J connectivity index is 2.02. The third kappa shape index (κ3) is 2.93. The number of carbonyl (C=O) groups excluding carboxylic acids is 1. The number of aromatic nitrogens is 1. The Kier molecular flexibility index (Phi) is 4.62. The number of sulfone groups is 1. The van der Waals surface area contributed by atoms with Gasteiger partial charge < -0.3 is 9.47 Å². The van der Waals surface area contributed by atoms with Gasteiger partial charge in [-0.05, 0) is 18.9 Å². The fraction of sp³-hybridized carbons (Fsp3) is 0.471. The lowest BCUT2D eigenvalue weighted by molar-refractivity contribution is 0.0688. The van der Waals surface area contributed by atoms with Crippen molar-refractivity contribution in [2.45, 2.75) is 25.8 Å². The van der Waals surface area contributed by atoms with Crippen LogP contribution >= 0.6 is 11.6 Å². The third-order valence-corrected chi connectivity index (χ3v) is 6.76. The number of para-hydroxylation sites is 1. The van der Waals surface area contributed by atoms with Crippen molar-refractivity contribution in [1.29, 1.82) is 0 Å². The Morgan fingerprint density at radius 1 is 1.38 bits per heavy atom. The molecule has 1 unspecified atom stereocenters. The van der Waals surface area contributed by atoms with Gasteiger partial charge in [-0.3, -0.25) is 4.79 Å². The predicted molar refractivity (Wildman–Crippen MR) is 96.3 cm³/mol. The van der Waals surface area contributed by atoms with Gasteiger partial charge in [-0.1, -0.05) is 36.7 Å². The molecule has 0 radical (unpaired) electrons. The standard InChI is InChI=1S/C17H21ClN2O3S/c1-3-9-20(12-8-10-24(22,23)11-12)17(21)16-15(18)13-6-4-5-7-14(13)19(16)2/h4-7,12H,3,8-11H2,1-2H3. The molecule has 0 spiro atoms. The summed E-state index contributed by atoms with van der Waals surface area (Å²) in [5.41, 5.74) is 1.32. The van der Waals surface area contributed by atoms with Gasteiger partial charge >= 0.3 is 0 Å². The summed E-state index contributed by atoms with van der Waals surface area (Å²) in [5.74, 6) is -0.00319. The van der Waals surface area contributed by atoms with Crippen LogP contribution in [0.5, 0.6) is 0 Å². The topological polar surface area (TPSA) is 59.4 Å². The minimum atomic E-state index is -3.05. The van der Waals surface area contributed by atoms with Crippen molar-refractivity contribution in [2.75, 3.05) is 18.1 Å². The summed E-state index contributed by atoms with van der Waals surface area (Å²) in [6.07, 6.45) is 1.26. The number of benzene rings is 1. The molecule has 1 aliphatic rings. The number of aryl methyl sites for hydroxylation is 1. The van der Waals surface area contributed by atoms with E-state index in [0.717, 1.165) is 17.3 Å². The van der Waals surface area contributed by atoms with Gasteiger partial charge in [0.2, 0.25) is 0 Å². The van der Waals surface area contributed by atoms with Crippen molar-refractivity contribution in [1.82, 2.24) is 9.47 Å². The summed E-state index contributed by atoms with van der Waals surface area (Å²) in [7, 11) is -1.24. The molecule has 7 heteroatoms. The Hall–Kier alpha value is -1.53. The molecule has 2 heterocycles. The van der Waals surface area contributed by atoms with Crippen LogP contribution in [0.25, 0.3) is 10.9 Å². The maximum atomic E-state index is 13.2. The van der Waals surface area contributed by atoms with E-state index >= 15 is 0 Å². The second kappa shape index (κ2) is 6.41. The average Bonchev–Trinajstić information content (AvgIpc) is 3.03. The summed E-state index contributed by atoms with van der Waals surface area (Å²) in [6.45, 7) is 2.50. The molecular weight excluding hydrogens is 348 g/mol. The minimum Gasteiger partial charge on any atom is -0.338 e. The summed E-state index contributed by atoms with van der Waals surface area (Å²) in [4.78, 5) is 14.9. The first-order chi connectivity index (χ1) is 11.4. The second-order valence-corrected chi connectivity index (χ2v) is 8.90. The molecule has 0 aliphatic carbocycles. The number of fused-ring (bicyclic) bond motifs is 1. The molecular formula is C17H21ClN2O3S. The van der Waals surface area contributed by atoms with E-state index in [1.54, 1.807) is 9.47 Å². The summed E-state index contributed by atoms with van der Waals surface area (Å²) >= 11 is 6.48. The zero-order chi connectivity index (χ0) is 17.5. The SMILES string of the molecule is CCCN(C(=O)c1c(Cl)c2ccccc2n1C)C1CCS(=O)(=O)C1. The van der Waals surface area contributed by atoms with Crippen molar-refractivity contribution >= 4 is 38.2 Å². The van der Waals surface area contributed by atoms with Crippen LogP contribution in [-0.4, -0.2) is 47.9 Å². The van der Waals surface area contributed by atoms with Crippen LogP contribution in [0, 0.1) is 0 Å². The van der Waals surface area contributed by atoms with E-state index in [4.69, 9.17) is 11.6 Å². The number of carbonyl (C=O) groups is 1. The smallest absolute Gasteiger partial charge is 0.272 e. The lowest BCUT2D eigenvalue weighted by Crippen LogP contribution is -2.42. The van der Waals surface area contributed by atoms with Crippen LogP contribution in [0.15, 0.2) is 24.3 Å². The fourth-order valence-corrected chi connectivity index (χ4v) is 5.53. The number of rotatable bonds is 4. The lowest BCUT2D eigenvalue weighted by atomic mass is 10.2. The Bertz CT molecular complexity index is 850. The molecule has 1 aromatic heterocycles. The highest BCUT2D eigenvalue weighted by Crippen LogP contribution is 2.32. The van der Waals surface area contributed by atoms with E-state index in [1.165, 1.54) is 0 Å². The number of hydrogen-bond acceptors (Lipinski definition) is 3. The van der Waals surface area contributed by atoms with Gasteiger partial charge in [0.1, 0.15) is 5.69 Å². The average molecular weight is 369 g/mol. The molecule has 0 N–H and O–H groups in total. The molecule has 130 valence electrons. The van der Waals surface area contributed by atoms with Crippen molar-refractivity contribution < 1.29 is 13.2 Å². The summed E-state index contributed by atoms with van der Waals surface area (Å²) in [6, 6.07) is 7.33. The molecule has 5 nitrogen and oxygen atoms in total. The Morgan fingerprint density at radius 2 is 2.08 bits per heavy atom. The number of hydrogen-bond donors (Lipinski definition) is 0. The molecule has 1 aliphatic heterocycles. The van der Waals surface area contributed by atoms with Crippen molar-refractivity contribution in [2.24, 2.45) is 7.05 Å². The highest BCUT2D eigenvalue weighted by atomic mass is 35.5. The molecule has 0 bridgehead atoms.